The highest BCUT2D eigenvalue weighted by atomic mass is 16.4. The van der Waals surface area contributed by atoms with E-state index in [9.17, 15) is 39.3 Å². The van der Waals surface area contributed by atoms with E-state index >= 15 is 0 Å². The number of carboxylic acid groups (broad SMARTS) is 2. The van der Waals surface area contributed by atoms with Crippen molar-refractivity contribution in [1.82, 2.24) is 16.0 Å². The van der Waals surface area contributed by atoms with Crippen molar-refractivity contribution in [2.24, 2.45) is 11.7 Å². The predicted molar refractivity (Wildman–Crippen MR) is 127 cm³/mol. The van der Waals surface area contributed by atoms with E-state index < -0.39 is 72.8 Å². The molecule has 0 bridgehead atoms. The van der Waals surface area contributed by atoms with Crippen LogP contribution >= 0.6 is 0 Å². The van der Waals surface area contributed by atoms with Gasteiger partial charge in [-0.1, -0.05) is 32.4 Å². The Balaban J connectivity index is 2.91. The van der Waals surface area contributed by atoms with Crippen molar-refractivity contribution in [3.05, 3.63) is 29.8 Å². The summed E-state index contributed by atoms with van der Waals surface area (Å²) in [6.45, 7) is 2.48. The Labute approximate surface area is 208 Å². The molecule has 0 aliphatic heterocycles. The summed E-state index contributed by atoms with van der Waals surface area (Å²) in [5.41, 5.74) is 6.54. The maximum atomic E-state index is 12.8. The summed E-state index contributed by atoms with van der Waals surface area (Å²) in [7, 11) is 0. The van der Waals surface area contributed by atoms with Gasteiger partial charge >= 0.3 is 11.9 Å². The van der Waals surface area contributed by atoms with Gasteiger partial charge in [0.1, 0.15) is 23.9 Å². The molecule has 1 rings (SSSR count). The van der Waals surface area contributed by atoms with E-state index in [1.807, 2.05) is 0 Å². The van der Waals surface area contributed by atoms with E-state index in [1.165, 1.54) is 12.1 Å². The molecule has 1 aromatic rings. The monoisotopic (exact) mass is 510 g/mol. The number of phenolic OH excluding ortho intramolecular Hbond substituents is 1. The van der Waals surface area contributed by atoms with Crippen LogP contribution in [0.4, 0.5) is 0 Å². The summed E-state index contributed by atoms with van der Waals surface area (Å²) in [6.07, 6.45) is -0.311. The van der Waals surface area contributed by atoms with Crippen molar-refractivity contribution in [3.8, 4) is 5.75 Å². The Morgan fingerprint density at radius 1 is 0.917 bits per heavy atom. The van der Waals surface area contributed by atoms with Gasteiger partial charge in [-0.3, -0.25) is 19.2 Å². The van der Waals surface area contributed by atoms with Gasteiger partial charge in [-0.2, -0.15) is 0 Å². The fraction of sp³-hybridized carbons (Fsp3) is 0.522. The second kappa shape index (κ2) is 14.6. The zero-order valence-electron chi connectivity index (χ0n) is 20.1. The molecule has 200 valence electrons. The van der Waals surface area contributed by atoms with Crippen LogP contribution in [0.5, 0.6) is 5.75 Å². The van der Waals surface area contributed by atoms with Gasteiger partial charge in [-0.15, -0.1) is 0 Å². The van der Waals surface area contributed by atoms with Crippen LogP contribution in [0.2, 0.25) is 0 Å². The van der Waals surface area contributed by atoms with Crippen LogP contribution in [-0.2, 0) is 30.4 Å². The maximum Gasteiger partial charge on any atom is 0.326 e. The van der Waals surface area contributed by atoms with E-state index in [2.05, 4.69) is 16.0 Å². The number of hydrogen-bond donors (Lipinski definition) is 8. The number of phenols is 1. The molecule has 0 aliphatic rings. The fourth-order valence-electron chi connectivity index (χ4n) is 3.20. The minimum Gasteiger partial charge on any atom is -0.508 e. The summed E-state index contributed by atoms with van der Waals surface area (Å²) >= 11 is 0. The zero-order valence-corrected chi connectivity index (χ0v) is 20.1. The van der Waals surface area contributed by atoms with Crippen molar-refractivity contribution < 1.29 is 44.4 Å². The molecule has 0 saturated carbocycles. The average Bonchev–Trinajstić information content (AvgIpc) is 2.83. The lowest BCUT2D eigenvalue weighted by Crippen LogP contribution is -2.58. The highest BCUT2D eigenvalue weighted by molar-refractivity contribution is 5.94. The molecule has 5 unspecified atom stereocenters. The molecule has 0 heterocycles. The number of nitrogens with two attached hydrogens (primary N) is 1. The van der Waals surface area contributed by atoms with Gasteiger partial charge in [0.25, 0.3) is 0 Å². The van der Waals surface area contributed by atoms with E-state index in [0.717, 1.165) is 0 Å². The molecule has 1 aromatic carbocycles. The number of hydrogen-bond acceptors (Lipinski definition) is 8. The standard InChI is InChI=1S/C23H34N4O9/c1-3-12(2)19(23(35)36)27-22(34)17(11-28)26-21(33)16(8-9-18(30)31)25-20(32)15(24)10-13-4-6-14(29)7-5-13/h4-7,12,15-17,19,28-29H,3,8-11,24H2,1-2H3,(H,25,32)(H,26,33)(H,27,34)(H,30,31)(H,35,36). The summed E-state index contributed by atoms with van der Waals surface area (Å²) in [6, 6.07) is 0.645. The van der Waals surface area contributed by atoms with E-state index in [4.69, 9.17) is 10.8 Å². The largest absolute Gasteiger partial charge is 0.508 e. The molecular weight excluding hydrogens is 476 g/mol. The fourth-order valence-corrected chi connectivity index (χ4v) is 3.20. The van der Waals surface area contributed by atoms with Gasteiger partial charge in [-0.05, 0) is 36.5 Å². The quantitative estimate of drug-likeness (QED) is 0.139. The number of amides is 3. The third-order valence-corrected chi connectivity index (χ3v) is 5.60. The average molecular weight is 511 g/mol. The van der Waals surface area contributed by atoms with Crippen molar-refractivity contribution in [2.75, 3.05) is 6.61 Å². The smallest absolute Gasteiger partial charge is 0.326 e. The molecular formula is C23H34N4O9. The lowest BCUT2D eigenvalue weighted by atomic mass is 9.99. The molecule has 0 aliphatic carbocycles. The van der Waals surface area contributed by atoms with Crippen LogP contribution in [0, 0.1) is 5.92 Å². The predicted octanol–water partition coefficient (Wildman–Crippen LogP) is -1.30. The van der Waals surface area contributed by atoms with Crippen LogP contribution in [0.3, 0.4) is 0 Å². The number of aliphatic hydroxyl groups is 1. The van der Waals surface area contributed by atoms with Crippen molar-refractivity contribution in [3.63, 3.8) is 0 Å². The van der Waals surface area contributed by atoms with Crippen LogP contribution in [0.1, 0.15) is 38.7 Å². The number of aliphatic carboxylic acids is 2. The minimum atomic E-state index is -1.54. The Hall–Kier alpha value is -3.71. The van der Waals surface area contributed by atoms with Gasteiger partial charge in [0, 0.05) is 6.42 Å². The lowest BCUT2D eigenvalue weighted by Gasteiger charge is -2.25. The molecule has 13 heteroatoms. The van der Waals surface area contributed by atoms with E-state index in [1.54, 1.807) is 26.0 Å². The first kappa shape index (κ1) is 30.3. The third-order valence-electron chi connectivity index (χ3n) is 5.60. The highest BCUT2D eigenvalue weighted by Gasteiger charge is 2.31. The molecule has 0 aromatic heterocycles. The molecule has 0 fully saturated rings. The number of carbonyl (C=O) groups excluding carboxylic acids is 3. The maximum absolute atomic E-state index is 12.8. The van der Waals surface area contributed by atoms with Crippen molar-refractivity contribution in [2.45, 2.75) is 63.7 Å². The summed E-state index contributed by atoms with van der Waals surface area (Å²) in [4.78, 5) is 60.4. The van der Waals surface area contributed by atoms with Crippen LogP contribution in [0.15, 0.2) is 24.3 Å². The summed E-state index contributed by atoms with van der Waals surface area (Å²) < 4.78 is 0. The first-order valence-corrected chi connectivity index (χ1v) is 11.4. The summed E-state index contributed by atoms with van der Waals surface area (Å²) in [5, 5.41) is 44.2. The van der Waals surface area contributed by atoms with Crippen molar-refractivity contribution >= 4 is 29.7 Å². The molecule has 5 atom stereocenters. The van der Waals surface area contributed by atoms with Gasteiger partial charge < -0.3 is 42.1 Å². The summed E-state index contributed by atoms with van der Waals surface area (Å²) in [5.74, 6) is -5.58. The van der Waals surface area contributed by atoms with Gasteiger partial charge in [0.15, 0.2) is 0 Å². The normalized spacial score (nSPS) is 15.0. The first-order chi connectivity index (χ1) is 16.9. The number of carbonyl (C=O) groups is 5. The lowest BCUT2D eigenvalue weighted by molar-refractivity contribution is -0.144. The molecule has 3 amide bonds. The van der Waals surface area contributed by atoms with Gasteiger partial charge in [0.05, 0.1) is 12.6 Å². The molecule has 36 heavy (non-hydrogen) atoms. The number of aliphatic hydroxyl groups excluding tert-OH is 1. The molecule has 0 spiro atoms. The van der Waals surface area contributed by atoms with Crippen LogP contribution < -0.4 is 21.7 Å². The number of nitrogens with one attached hydrogen (secondary N) is 3. The van der Waals surface area contributed by atoms with Crippen molar-refractivity contribution in [1.29, 1.82) is 0 Å². The second-order valence-corrected chi connectivity index (χ2v) is 8.42. The Bertz CT molecular complexity index is 923. The Morgan fingerprint density at radius 3 is 1.97 bits per heavy atom. The minimum absolute atomic E-state index is 0.0310. The molecule has 9 N–H and O–H groups in total. The zero-order chi connectivity index (χ0) is 27.4. The van der Waals surface area contributed by atoms with Gasteiger partial charge in [-0.25, -0.2) is 4.79 Å². The number of carboxylic acids is 2. The number of aromatic hydroxyl groups is 1. The number of benzene rings is 1. The Kier molecular flexibility index (Phi) is 12.3. The number of rotatable bonds is 15. The Morgan fingerprint density at radius 2 is 1.47 bits per heavy atom. The van der Waals surface area contributed by atoms with Crippen LogP contribution in [-0.4, -0.2) is 80.9 Å². The molecule has 0 saturated heterocycles. The topological polar surface area (TPSA) is 228 Å². The second-order valence-electron chi connectivity index (χ2n) is 8.42. The van der Waals surface area contributed by atoms with Crippen LogP contribution in [0.25, 0.3) is 0 Å². The van der Waals surface area contributed by atoms with E-state index in [-0.39, 0.29) is 18.6 Å². The third kappa shape index (κ3) is 9.88. The van der Waals surface area contributed by atoms with E-state index in [0.29, 0.717) is 12.0 Å². The molecule has 13 nitrogen and oxygen atoms in total. The first-order valence-electron chi connectivity index (χ1n) is 11.4. The van der Waals surface area contributed by atoms with Gasteiger partial charge in [0.2, 0.25) is 17.7 Å². The molecule has 0 radical (unpaired) electrons. The SMILES string of the molecule is CCC(C)C(NC(=O)C(CO)NC(=O)C(CCC(=O)O)NC(=O)C(N)Cc1ccc(O)cc1)C(=O)O. The highest BCUT2D eigenvalue weighted by Crippen LogP contribution is 2.11.